The number of hydrogen-bond donors (Lipinski definition) is 1. The molecule has 27 heavy (non-hydrogen) atoms. The molecule has 1 heterocycles. The van der Waals surface area contributed by atoms with Crippen LogP contribution in [0.3, 0.4) is 0 Å². The highest BCUT2D eigenvalue weighted by molar-refractivity contribution is 5.94. The second-order valence-corrected chi connectivity index (χ2v) is 10.4. The summed E-state index contributed by atoms with van der Waals surface area (Å²) in [5.41, 5.74) is -1.45. The zero-order chi connectivity index (χ0) is 19.8. The third kappa shape index (κ3) is 2.33. The average Bonchev–Trinajstić information content (AvgIpc) is 2.83. The number of fused-ring (bicyclic) bond motifs is 5. The summed E-state index contributed by atoms with van der Waals surface area (Å²) >= 11 is 0. The monoisotopic (exact) mass is 376 g/mol. The van der Waals surface area contributed by atoms with Gasteiger partial charge >= 0.3 is 11.9 Å². The van der Waals surface area contributed by atoms with Crippen molar-refractivity contribution >= 4 is 11.9 Å². The first-order valence-electron chi connectivity index (χ1n) is 10.2. The van der Waals surface area contributed by atoms with E-state index in [1.165, 1.54) is 13.3 Å². The topological polar surface area (TPSA) is 72.8 Å². The Labute approximate surface area is 161 Å². The zero-order valence-corrected chi connectivity index (χ0v) is 17.1. The fourth-order valence-electron chi connectivity index (χ4n) is 7.51. The Balaban J connectivity index is 1.89. The normalized spacial score (nSPS) is 47.9. The van der Waals surface area contributed by atoms with Gasteiger partial charge in [-0.25, -0.2) is 4.79 Å². The quantitative estimate of drug-likeness (QED) is 0.710. The maximum atomic E-state index is 12.3. The van der Waals surface area contributed by atoms with Gasteiger partial charge in [0.25, 0.3) is 0 Å². The fraction of sp³-hybridized carbons (Fsp3) is 0.818. The molecule has 3 fully saturated rings. The van der Waals surface area contributed by atoms with E-state index in [-0.39, 0.29) is 34.9 Å². The van der Waals surface area contributed by atoms with E-state index < -0.39 is 23.1 Å². The Hall–Kier alpha value is -1.36. The lowest BCUT2D eigenvalue weighted by Crippen LogP contribution is -2.67. The van der Waals surface area contributed by atoms with E-state index in [9.17, 15) is 14.7 Å². The number of ether oxygens (including phenoxy) is 2. The molecule has 4 rings (SSSR count). The molecule has 3 aliphatic carbocycles. The molecular weight excluding hydrogens is 344 g/mol. The molecule has 5 heteroatoms. The minimum absolute atomic E-state index is 0.00158. The van der Waals surface area contributed by atoms with Crippen molar-refractivity contribution in [2.24, 2.45) is 28.1 Å². The molecule has 1 saturated heterocycles. The molecule has 0 bridgehead atoms. The van der Waals surface area contributed by atoms with Gasteiger partial charge in [0.15, 0.2) is 0 Å². The minimum atomic E-state index is -1.30. The highest BCUT2D eigenvalue weighted by Gasteiger charge is 2.71. The van der Waals surface area contributed by atoms with Crippen molar-refractivity contribution in [2.45, 2.75) is 78.4 Å². The molecule has 1 N–H and O–H groups in total. The van der Waals surface area contributed by atoms with Gasteiger partial charge in [-0.1, -0.05) is 34.1 Å². The third-order valence-corrected chi connectivity index (χ3v) is 8.61. The summed E-state index contributed by atoms with van der Waals surface area (Å²) in [5.74, 6) is -0.385. The molecule has 150 valence electrons. The van der Waals surface area contributed by atoms with Gasteiger partial charge in [-0.05, 0) is 48.5 Å². The van der Waals surface area contributed by atoms with Crippen LogP contribution in [0.15, 0.2) is 11.6 Å². The Morgan fingerprint density at radius 2 is 1.93 bits per heavy atom. The first-order chi connectivity index (χ1) is 12.5. The zero-order valence-electron chi connectivity index (χ0n) is 17.1. The van der Waals surface area contributed by atoms with Gasteiger partial charge in [0, 0.05) is 18.3 Å². The summed E-state index contributed by atoms with van der Waals surface area (Å²) in [4.78, 5) is 24.2. The molecule has 4 aliphatic rings. The summed E-state index contributed by atoms with van der Waals surface area (Å²) in [7, 11) is 0. The molecule has 5 nitrogen and oxygen atoms in total. The van der Waals surface area contributed by atoms with Crippen LogP contribution in [-0.4, -0.2) is 35.4 Å². The maximum Gasteiger partial charge on any atom is 0.337 e. The Morgan fingerprint density at radius 1 is 1.22 bits per heavy atom. The predicted octanol–water partition coefficient (Wildman–Crippen LogP) is 3.39. The number of cyclic esters (lactones) is 1. The van der Waals surface area contributed by atoms with Crippen molar-refractivity contribution in [3.63, 3.8) is 0 Å². The van der Waals surface area contributed by atoms with Crippen molar-refractivity contribution in [3.05, 3.63) is 11.6 Å². The largest absolute Gasteiger partial charge is 0.459 e. The SMILES string of the molecule is CC(=O)O[C@H]1C=C2C(=O)OC[C@@]2(O)[C@]2(C)CC[C@H]3C(C)(C)CCC[C@]3(C)[C@@H]12. The molecule has 6 atom stereocenters. The van der Waals surface area contributed by atoms with E-state index >= 15 is 0 Å². The van der Waals surface area contributed by atoms with Gasteiger partial charge in [-0.15, -0.1) is 0 Å². The van der Waals surface area contributed by atoms with Crippen LogP contribution in [0.2, 0.25) is 0 Å². The highest BCUT2D eigenvalue weighted by Crippen LogP contribution is 2.70. The molecule has 0 amide bonds. The number of carbonyl (C=O) groups is 2. The second-order valence-electron chi connectivity index (χ2n) is 10.4. The molecule has 0 aromatic carbocycles. The molecule has 1 aliphatic heterocycles. The lowest BCUT2D eigenvalue weighted by Gasteiger charge is -2.66. The van der Waals surface area contributed by atoms with Crippen LogP contribution in [0.25, 0.3) is 0 Å². The van der Waals surface area contributed by atoms with Crippen LogP contribution < -0.4 is 0 Å². The van der Waals surface area contributed by atoms with Gasteiger partial charge in [0.1, 0.15) is 18.3 Å². The number of rotatable bonds is 1. The Kier molecular flexibility index (Phi) is 3.93. The first-order valence-corrected chi connectivity index (χ1v) is 10.2. The number of esters is 2. The van der Waals surface area contributed by atoms with Crippen molar-refractivity contribution in [2.75, 3.05) is 6.61 Å². The van der Waals surface area contributed by atoms with Gasteiger partial charge in [0.2, 0.25) is 0 Å². The smallest absolute Gasteiger partial charge is 0.337 e. The molecule has 0 unspecified atom stereocenters. The van der Waals surface area contributed by atoms with Crippen LogP contribution in [0, 0.1) is 28.1 Å². The summed E-state index contributed by atoms with van der Waals surface area (Å²) in [6, 6.07) is 0. The number of carbonyl (C=O) groups excluding carboxylic acids is 2. The molecular formula is C22H32O5. The van der Waals surface area contributed by atoms with Crippen molar-refractivity contribution in [1.29, 1.82) is 0 Å². The molecule has 0 aromatic rings. The van der Waals surface area contributed by atoms with Crippen LogP contribution in [0.5, 0.6) is 0 Å². The van der Waals surface area contributed by atoms with Crippen molar-refractivity contribution in [1.82, 2.24) is 0 Å². The van der Waals surface area contributed by atoms with E-state index in [2.05, 4.69) is 27.7 Å². The second kappa shape index (κ2) is 5.59. The van der Waals surface area contributed by atoms with E-state index in [0.717, 1.165) is 25.7 Å². The van der Waals surface area contributed by atoms with Gasteiger partial charge < -0.3 is 14.6 Å². The van der Waals surface area contributed by atoms with E-state index in [4.69, 9.17) is 9.47 Å². The average molecular weight is 376 g/mol. The van der Waals surface area contributed by atoms with Crippen LogP contribution in [-0.2, 0) is 19.1 Å². The molecule has 0 aromatic heterocycles. The predicted molar refractivity (Wildman–Crippen MR) is 99.6 cm³/mol. The van der Waals surface area contributed by atoms with Gasteiger partial charge in [0.05, 0.1) is 5.57 Å². The third-order valence-electron chi connectivity index (χ3n) is 8.61. The summed E-state index contributed by atoms with van der Waals surface area (Å²) < 4.78 is 11.1. The van der Waals surface area contributed by atoms with E-state index in [1.807, 2.05) is 0 Å². The first kappa shape index (κ1) is 19.0. The fourth-order valence-corrected chi connectivity index (χ4v) is 7.51. The highest BCUT2D eigenvalue weighted by atomic mass is 16.6. The number of aliphatic hydroxyl groups is 1. The summed E-state index contributed by atoms with van der Waals surface area (Å²) in [6.07, 6.45) is 6.36. The van der Waals surface area contributed by atoms with Crippen molar-refractivity contribution in [3.8, 4) is 0 Å². The van der Waals surface area contributed by atoms with E-state index in [0.29, 0.717) is 5.92 Å². The maximum absolute atomic E-state index is 12.3. The molecule has 0 spiro atoms. The minimum Gasteiger partial charge on any atom is -0.459 e. The lowest BCUT2D eigenvalue weighted by molar-refractivity contribution is -0.224. The van der Waals surface area contributed by atoms with Crippen LogP contribution >= 0.6 is 0 Å². The van der Waals surface area contributed by atoms with Crippen LogP contribution in [0.4, 0.5) is 0 Å². The Bertz CT molecular complexity index is 724. The van der Waals surface area contributed by atoms with Crippen molar-refractivity contribution < 1.29 is 24.2 Å². The van der Waals surface area contributed by atoms with E-state index in [1.54, 1.807) is 6.08 Å². The summed E-state index contributed by atoms with van der Waals surface area (Å²) in [6.45, 7) is 10.5. The molecule has 2 saturated carbocycles. The Morgan fingerprint density at radius 3 is 2.59 bits per heavy atom. The summed E-state index contributed by atoms with van der Waals surface area (Å²) in [5, 5.41) is 11.7. The van der Waals surface area contributed by atoms with Crippen LogP contribution in [0.1, 0.15) is 66.7 Å². The standard InChI is InChI=1S/C22H32O5/c1-13(23)27-15-11-14-18(24)26-12-22(14,25)21(5)10-7-16-19(2,3)8-6-9-20(16,4)17(15)21/h11,15-17,25H,6-10,12H2,1-5H3/t15-,16-,17+,20-,21+,22-/m0/s1. The lowest BCUT2D eigenvalue weighted by atomic mass is 9.38. The van der Waals surface area contributed by atoms with Gasteiger partial charge in [-0.3, -0.25) is 4.79 Å². The van der Waals surface area contributed by atoms with Gasteiger partial charge in [-0.2, -0.15) is 0 Å². The molecule has 0 radical (unpaired) electrons. The number of hydrogen-bond acceptors (Lipinski definition) is 5.